The third-order valence-electron chi connectivity index (χ3n) is 15.4. The molecule has 6 aliphatic heterocycles. The number of amides is 3. The molecule has 0 aliphatic carbocycles. The molecule has 0 radical (unpaired) electrons. The number of aromatic hydroxyl groups is 1. The first kappa shape index (κ1) is 42.7. The number of likely N-dealkylation sites (tertiary alicyclic amines) is 1. The van der Waals surface area contributed by atoms with Gasteiger partial charge in [-0.1, -0.05) is 31.2 Å². The zero-order valence-corrected chi connectivity index (χ0v) is 37.6. The number of piperidine rings is 3. The monoisotopic (exact) mass is 895 g/mol. The molecular weight excluding hydrogens is 838 g/mol. The van der Waals surface area contributed by atoms with E-state index in [4.69, 9.17) is 19.7 Å². The van der Waals surface area contributed by atoms with Crippen LogP contribution < -0.4 is 25.2 Å². The standard InChI is InChI=1S/C51H58FN9O5/c1-2-32-5-3-6-33-24-36(62)25-38(44(32)33)46-45(52)47-39(26-53-46)48(60-27-34-9-10-35(28-60)54-34)57-51(56-47)66-22-21-58-17-13-30(14-18-58)23-31-15-19-59(20-16-31)41-8-4-7-37-40(41)29-61(50(37)65)42-11-12-43(63)55-49(42)64/h3-8,24-26,30-31,34-35,42,54,62H,2,9-23,27-29H2,1H3,(H,55,63,64). The average molecular weight is 896 g/mol. The summed E-state index contributed by atoms with van der Waals surface area (Å²) in [6.45, 7) is 8.97. The van der Waals surface area contributed by atoms with Gasteiger partial charge in [0.1, 0.15) is 35.4 Å². The number of benzene rings is 3. The van der Waals surface area contributed by atoms with Crippen LogP contribution in [0.25, 0.3) is 32.9 Å². The molecule has 3 aromatic carbocycles. The Morgan fingerprint density at radius 3 is 2.38 bits per heavy atom. The molecule has 15 heteroatoms. The van der Waals surface area contributed by atoms with E-state index < -0.39 is 11.9 Å². The Balaban J connectivity index is 0.722. The van der Waals surface area contributed by atoms with Gasteiger partial charge in [-0.05, 0) is 123 Å². The van der Waals surface area contributed by atoms with Crippen molar-refractivity contribution in [1.29, 1.82) is 0 Å². The van der Waals surface area contributed by atoms with Gasteiger partial charge < -0.3 is 29.9 Å². The molecule has 5 fully saturated rings. The lowest BCUT2D eigenvalue weighted by molar-refractivity contribution is -0.136. The molecule has 11 rings (SSSR count). The summed E-state index contributed by atoms with van der Waals surface area (Å²) in [6, 6.07) is 15.4. The summed E-state index contributed by atoms with van der Waals surface area (Å²) in [7, 11) is 0. The number of phenolic OH excluding ortho intramolecular Hbond substituents is 1. The minimum Gasteiger partial charge on any atom is -0.508 e. The number of anilines is 2. The Bertz CT molecular complexity index is 2710. The fourth-order valence-corrected chi connectivity index (χ4v) is 11.9. The number of aromatic nitrogens is 3. The fourth-order valence-electron chi connectivity index (χ4n) is 11.9. The van der Waals surface area contributed by atoms with Gasteiger partial charge in [-0.15, -0.1) is 0 Å². The third kappa shape index (κ3) is 8.07. The number of halogens is 1. The Hall–Kier alpha value is -5.93. The predicted molar refractivity (Wildman–Crippen MR) is 250 cm³/mol. The highest BCUT2D eigenvalue weighted by Crippen LogP contribution is 2.40. The fraction of sp³-hybridized carbons (Fsp3) is 0.490. The Labute approximate surface area is 383 Å². The SMILES string of the molecule is CCc1cccc2cc(O)cc(-c3ncc4c(N5CC6CCC(C5)N6)nc(OCCN5CCC(CC6CCN(c7cccc8c7CN(C7CCC(=O)NC7=O)C8=O)CC6)CC5)nc4c3F)c12. The number of carbonyl (C=O) groups is 3. The normalized spacial score (nSPS) is 23.0. The van der Waals surface area contributed by atoms with Crippen molar-refractivity contribution >= 4 is 50.9 Å². The van der Waals surface area contributed by atoms with Crippen LogP contribution in [-0.4, -0.2) is 118 Å². The van der Waals surface area contributed by atoms with E-state index in [1.807, 2.05) is 30.3 Å². The number of nitrogens with one attached hydrogen (secondary N) is 2. The summed E-state index contributed by atoms with van der Waals surface area (Å²) >= 11 is 0. The molecule has 2 bridgehead atoms. The highest BCUT2D eigenvalue weighted by molar-refractivity contribution is 6.06. The van der Waals surface area contributed by atoms with Gasteiger partial charge in [0.15, 0.2) is 5.82 Å². The van der Waals surface area contributed by atoms with E-state index >= 15 is 4.39 Å². The van der Waals surface area contributed by atoms with Gasteiger partial charge in [0, 0.05) is 86.3 Å². The van der Waals surface area contributed by atoms with Crippen molar-refractivity contribution in [2.75, 3.05) is 62.2 Å². The maximum atomic E-state index is 17.0. The van der Waals surface area contributed by atoms with Crippen LogP contribution >= 0.6 is 0 Å². The van der Waals surface area contributed by atoms with E-state index in [-0.39, 0.29) is 47.1 Å². The van der Waals surface area contributed by atoms with Gasteiger partial charge in [-0.3, -0.25) is 29.6 Å². The van der Waals surface area contributed by atoms with Crippen molar-refractivity contribution in [3.8, 4) is 23.0 Å². The number of rotatable bonds is 11. The van der Waals surface area contributed by atoms with E-state index in [2.05, 4.69) is 38.3 Å². The molecule has 14 nitrogen and oxygen atoms in total. The number of imide groups is 1. The number of hydrogen-bond donors (Lipinski definition) is 3. The lowest BCUT2D eigenvalue weighted by Crippen LogP contribution is -2.52. The number of nitrogens with zero attached hydrogens (tertiary/aromatic N) is 7. The van der Waals surface area contributed by atoms with Crippen LogP contribution in [0.4, 0.5) is 15.9 Å². The molecule has 6 aliphatic rings. The summed E-state index contributed by atoms with van der Waals surface area (Å²) in [5.41, 5.74) is 4.64. The number of hydrogen-bond acceptors (Lipinski definition) is 12. The first-order valence-electron chi connectivity index (χ1n) is 24.2. The molecule has 5 saturated heterocycles. The molecule has 3 N–H and O–H groups in total. The van der Waals surface area contributed by atoms with Crippen LogP contribution in [0.3, 0.4) is 0 Å². The van der Waals surface area contributed by atoms with Crippen LogP contribution in [0.1, 0.15) is 86.2 Å². The largest absolute Gasteiger partial charge is 0.508 e. The topological polar surface area (TPSA) is 156 Å². The van der Waals surface area contributed by atoms with E-state index in [1.165, 1.54) is 6.42 Å². The van der Waals surface area contributed by atoms with E-state index in [0.29, 0.717) is 65.8 Å². The van der Waals surface area contributed by atoms with Crippen molar-refractivity contribution < 1.29 is 28.6 Å². The van der Waals surface area contributed by atoms with Crippen molar-refractivity contribution in [1.82, 2.24) is 35.4 Å². The van der Waals surface area contributed by atoms with Crippen LogP contribution in [0.5, 0.6) is 11.8 Å². The van der Waals surface area contributed by atoms with Crippen molar-refractivity contribution in [3.05, 3.63) is 77.2 Å². The van der Waals surface area contributed by atoms with Gasteiger partial charge in [-0.2, -0.15) is 9.97 Å². The lowest BCUT2D eigenvalue weighted by Gasteiger charge is -2.38. The van der Waals surface area contributed by atoms with Crippen molar-refractivity contribution in [2.24, 2.45) is 11.8 Å². The zero-order valence-electron chi connectivity index (χ0n) is 37.6. The zero-order chi connectivity index (χ0) is 45.1. The Kier molecular flexibility index (Phi) is 11.5. The predicted octanol–water partition coefficient (Wildman–Crippen LogP) is 6.35. The summed E-state index contributed by atoms with van der Waals surface area (Å²) < 4.78 is 23.4. The van der Waals surface area contributed by atoms with Crippen LogP contribution in [-0.2, 0) is 22.6 Å². The van der Waals surface area contributed by atoms with Gasteiger partial charge in [-0.25, -0.2) is 4.39 Å². The summed E-state index contributed by atoms with van der Waals surface area (Å²) in [5, 5.41) is 19.1. The molecule has 3 unspecified atom stereocenters. The van der Waals surface area contributed by atoms with E-state index in [9.17, 15) is 19.5 Å². The number of fused-ring (bicyclic) bond motifs is 5. The number of pyridine rings is 1. The molecule has 344 valence electrons. The number of phenols is 1. The van der Waals surface area contributed by atoms with Gasteiger partial charge in [0.2, 0.25) is 11.8 Å². The molecule has 0 saturated carbocycles. The summed E-state index contributed by atoms with van der Waals surface area (Å²) in [4.78, 5) is 60.9. The number of aryl methyl sites for hydroxylation is 1. The molecular formula is C51H58FN9O5. The summed E-state index contributed by atoms with van der Waals surface area (Å²) in [6.07, 6.45) is 10.9. The number of carbonyl (C=O) groups excluding carboxylic acids is 3. The van der Waals surface area contributed by atoms with Crippen LogP contribution in [0.2, 0.25) is 0 Å². The molecule has 5 aromatic rings. The number of piperazine rings is 1. The van der Waals surface area contributed by atoms with Crippen LogP contribution in [0.15, 0.2) is 54.7 Å². The van der Waals surface area contributed by atoms with Crippen molar-refractivity contribution in [3.63, 3.8) is 0 Å². The second kappa shape index (κ2) is 17.7. The molecule has 2 aromatic heterocycles. The Morgan fingerprint density at radius 2 is 1.62 bits per heavy atom. The summed E-state index contributed by atoms with van der Waals surface area (Å²) in [5.74, 6) is 0.679. The van der Waals surface area contributed by atoms with Gasteiger partial charge in [0.05, 0.1) is 5.39 Å². The second-order valence-corrected chi connectivity index (χ2v) is 19.4. The van der Waals surface area contributed by atoms with E-state index in [1.54, 1.807) is 23.2 Å². The minimum atomic E-state index is -0.614. The first-order valence-corrected chi connectivity index (χ1v) is 24.2. The highest BCUT2D eigenvalue weighted by atomic mass is 19.1. The van der Waals surface area contributed by atoms with E-state index in [0.717, 1.165) is 118 Å². The van der Waals surface area contributed by atoms with Crippen molar-refractivity contribution in [2.45, 2.75) is 95.8 Å². The average Bonchev–Trinajstić information content (AvgIpc) is 3.85. The second-order valence-electron chi connectivity index (χ2n) is 19.4. The quantitative estimate of drug-likeness (QED) is 0.127. The molecule has 3 atom stereocenters. The minimum absolute atomic E-state index is 0.0518. The highest BCUT2D eigenvalue weighted by Gasteiger charge is 2.41. The van der Waals surface area contributed by atoms with Gasteiger partial charge >= 0.3 is 6.01 Å². The maximum Gasteiger partial charge on any atom is 0.319 e. The Morgan fingerprint density at radius 1 is 0.864 bits per heavy atom. The third-order valence-corrected chi connectivity index (χ3v) is 15.4. The van der Waals surface area contributed by atoms with Crippen LogP contribution in [0, 0.1) is 17.7 Å². The lowest BCUT2D eigenvalue weighted by atomic mass is 9.82. The number of ether oxygens (including phenoxy) is 1. The first-order chi connectivity index (χ1) is 32.2. The molecule has 8 heterocycles. The molecule has 3 amide bonds. The molecule has 0 spiro atoms. The molecule has 66 heavy (non-hydrogen) atoms. The smallest absolute Gasteiger partial charge is 0.319 e. The maximum absolute atomic E-state index is 17.0. The van der Waals surface area contributed by atoms with Gasteiger partial charge in [0.25, 0.3) is 5.91 Å².